The van der Waals surface area contributed by atoms with Crippen molar-refractivity contribution < 1.29 is 0 Å². The third-order valence-electron chi connectivity index (χ3n) is 4.29. The van der Waals surface area contributed by atoms with Crippen molar-refractivity contribution in [3.05, 3.63) is 15.9 Å². The van der Waals surface area contributed by atoms with Crippen LogP contribution in [0, 0.1) is 18.3 Å². The summed E-state index contributed by atoms with van der Waals surface area (Å²) in [5.41, 5.74) is 9.09. The van der Waals surface area contributed by atoms with E-state index in [-0.39, 0.29) is 0 Å². The van der Waals surface area contributed by atoms with Crippen molar-refractivity contribution in [2.45, 2.75) is 52.5 Å². The summed E-state index contributed by atoms with van der Waals surface area (Å²) < 4.78 is 3.15. The molecule has 0 spiro atoms. The van der Waals surface area contributed by atoms with Crippen molar-refractivity contribution >= 4 is 15.9 Å². The Balaban J connectivity index is 2.17. The molecular formula is C14H24BrN3. The highest BCUT2D eigenvalue weighted by Gasteiger charge is 2.33. The van der Waals surface area contributed by atoms with Crippen LogP contribution in [-0.4, -0.2) is 15.8 Å². The maximum absolute atomic E-state index is 6.31. The van der Waals surface area contributed by atoms with Gasteiger partial charge in [-0.25, -0.2) is 0 Å². The summed E-state index contributed by atoms with van der Waals surface area (Å²) in [6.45, 7) is 6.75. The molecule has 1 aliphatic rings. The molecular weight excluding hydrogens is 290 g/mol. The van der Waals surface area contributed by atoms with Crippen LogP contribution in [-0.2, 0) is 13.5 Å². The second-order valence-corrected chi connectivity index (χ2v) is 7.30. The zero-order valence-electron chi connectivity index (χ0n) is 11.8. The maximum atomic E-state index is 6.31. The van der Waals surface area contributed by atoms with Gasteiger partial charge in [-0.05, 0) is 59.9 Å². The molecule has 1 saturated carbocycles. The molecule has 1 fully saturated rings. The molecule has 0 aliphatic heterocycles. The lowest BCUT2D eigenvalue weighted by Crippen LogP contribution is -2.40. The quantitative estimate of drug-likeness (QED) is 0.911. The summed E-state index contributed by atoms with van der Waals surface area (Å²) in [5, 5.41) is 4.47. The molecule has 4 heteroatoms. The predicted molar refractivity (Wildman–Crippen MR) is 78.4 cm³/mol. The second kappa shape index (κ2) is 4.97. The minimum absolute atomic E-state index is 0.333. The lowest BCUT2D eigenvalue weighted by Gasteiger charge is -2.39. The first-order chi connectivity index (χ1) is 8.30. The topological polar surface area (TPSA) is 43.8 Å². The monoisotopic (exact) mass is 313 g/mol. The van der Waals surface area contributed by atoms with Gasteiger partial charge in [0.15, 0.2) is 0 Å². The van der Waals surface area contributed by atoms with Crippen molar-refractivity contribution in [2.24, 2.45) is 24.1 Å². The number of nitrogens with two attached hydrogens (primary N) is 1. The molecule has 18 heavy (non-hydrogen) atoms. The Morgan fingerprint density at radius 2 is 2.17 bits per heavy atom. The summed E-state index contributed by atoms with van der Waals surface area (Å²) in [6.07, 6.45) is 4.63. The molecule has 2 rings (SSSR count). The van der Waals surface area contributed by atoms with Crippen LogP contribution in [0.5, 0.6) is 0 Å². The Labute approximate surface area is 118 Å². The van der Waals surface area contributed by atoms with E-state index in [2.05, 4.69) is 34.9 Å². The molecule has 0 aromatic carbocycles. The highest BCUT2D eigenvalue weighted by molar-refractivity contribution is 9.10. The Morgan fingerprint density at radius 3 is 2.72 bits per heavy atom. The molecule has 0 saturated heterocycles. The third-order valence-corrected chi connectivity index (χ3v) is 5.32. The van der Waals surface area contributed by atoms with E-state index in [1.807, 2.05) is 18.7 Å². The van der Waals surface area contributed by atoms with Crippen LogP contribution in [0.15, 0.2) is 4.47 Å². The average molecular weight is 314 g/mol. The SMILES string of the molecule is Cc1nn(C)c(CC2CC(C)(C)CCC2N)c1Br. The Kier molecular flexibility index (Phi) is 3.88. The van der Waals surface area contributed by atoms with Gasteiger partial charge in [0, 0.05) is 13.1 Å². The fourth-order valence-electron chi connectivity index (χ4n) is 3.13. The van der Waals surface area contributed by atoms with Gasteiger partial charge < -0.3 is 5.73 Å². The predicted octanol–water partition coefficient (Wildman–Crippen LogP) is 3.19. The van der Waals surface area contributed by atoms with Gasteiger partial charge in [-0.2, -0.15) is 5.10 Å². The minimum atomic E-state index is 0.333. The zero-order chi connectivity index (χ0) is 13.5. The fraction of sp³-hybridized carbons (Fsp3) is 0.786. The van der Waals surface area contributed by atoms with E-state index in [0.717, 1.165) is 23.0 Å². The van der Waals surface area contributed by atoms with Crippen molar-refractivity contribution in [3.8, 4) is 0 Å². The molecule has 2 unspecified atom stereocenters. The third kappa shape index (κ3) is 2.80. The average Bonchev–Trinajstić information content (AvgIpc) is 2.50. The van der Waals surface area contributed by atoms with Gasteiger partial charge in [-0.3, -0.25) is 4.68 Å². The standard InChI is InChI=1S/C14H24BrN3/c1-9-13(15)12(18(4)17-9)7-10-8-14(2,3)6-5-11(10)16/h10-11H,5-8,16H2,1-4H3. The first-order valence-electron chi connectivity index (χ1n) is 6.74. The van der Waals surface area contributed by atoms with Crippen molar-refractivity contribution in [1.82, 2.24) is 9.78 Å². The first kappa shape index (κ1) is 14.1. The summed E-state index contributed by atoms with van der Waals surface area (Å²) >= 11 is 3.65. The van der Waals surface area contributed by atoms with Gasteiger partial charge in [-0.1, -0.05) is 13.8 Å². The zero-order valence-corrected chi connectivity index (χ0v) is 13.4. The number of nitrogens with zero attached hydrogens (tertiary/aromatic N) is 2. The number of rotatable bonds is 2. The largest absolute Gasteiger partial charge is 0.327 e. The molecule has 2 N–H and O–H groups in total. The van der Waals surface area contributed by atoms with E-state index in [1.54, 1.807) is 0 Å². The van der Waals surface area contributed by atoms with E-state index in [1.165, 1.54) is 18.5 Å². The van der Waals surface area contributed by atoms with Crippen LogP contribution in [0.1, 0.15) is 44.5 Å². The lowest BCUT2D eigenvalue weighted by molar-refractivity contribution is 0.155. The smallest absolute Gasteiger partial charge is 0.0738 e. The van der Waals surface area contributed by atoms with Gasteiger partial charge in [-0.15, -0.1) is 0 Å². The normalized spacial score (nSPS) is 27.4. The van der Waals surface area contributed by atoms with Crippen molar-refractivity contribution in [3.63, 3.8) is 0 Å². The lowest BCUT2D eigenvalue weighted by atomic mass is 9.69. The summed E-state index contributed by atoms with van der Waals surface area (Å²) in [5.74, 6) is 0.569. The number of halogens is 1. The molecule has 1 aromatic rings. The molecule has 1 heterocycles. The van der Waals surface area contributed by atoms with Gasteiger partial charge in [0.25, 0.3) is 0 Å². The molecule has 0 amide bonds. The summed E-state index contributed by atoms with van der Waals surface area (Å²) in [6, 6.07) is 0.333. The van der Waals surface area contributed by atoms with Gasteiger partial charge in [0.05, 0.1) is 15.9 Å². The molecule has 2 atom stereocenters. The van der Waals surface area contributed by atoms with Gasteiger partial charge >= 0.3 is 0 Å². The highest BCUT2D eigenvalue weighted by atomic mass is 79.9. The van der Waals surface area contributed by atoms with Crippen LogP contribution >= 0.6 is 15.9 Å². The van der Waals surface area contributed by atoms with Gasteiger partial charge in [0.2, 0.25) is 0 Å². The number of aryl methyl sites for hydroxylation is 2. The molecule has 0 radical (unpaired) electrons. The molecule has 3 nitrogen and oxygen atoms in total. The Hall–Kier alpha value is -0.350. The van der Waals surface area contributed by atoms with E-state index in [4.69, 9.17) is 5.73 Å². The van der Waals surface area contributed by atoms with Crippen LogP contribution in [0.3, 0.4) is 0 Å². The fourth-order valence-corrected chi connectivity index (χ4v) is 3.63. The molecule has 1 aliphatic carbocycles. The summed E-state index contributed by atoms with van der Waals surface area (Å²) in [7, 11) is 2.02. The number of aromatic nitrogens is 2. The van der Waals surface area contributed by atoms with E-state index < -0.39 is 0 Å². The maximum Gasteiger partial charge on any atom is 0.0738 e. The van der Waals surface area contributed by atoms with Crippen LogP contribution < -0.4 is 5.73 Å². The highest BCUT2D eigenvalue weighted by Crippen LogP contribution is 2.40. The second-order valence-electron chi connectivity index (χ2n) is 6.50. The minimum Gasteiger partial charge on any atom is -0.327 e. The van der Waals surface area contributed by atoms with Crippen molar-refractivity contribution in [2.75, 3.05) is 0 Å². The first-order valence-corrected chi connectivity index (χ1v) is 7.53. The van der Waals surface area contributed by atoms with Crippen LogP contribution in [0.4, 0.5) is 0 Å². The molecule has 102 valence electrons. The Bertz CT molecular complexity index is 436. The van der Waals surface area contributed by atoms with Gasteiger partial charge in [0.1, 0.15) is 0 Å². The number of hydrogen-bond acceptors (Lipinski definition) is 2. The molecule has 0 bridgehead atoms. The molecule has 1 aromatic heterocycles. The van der Waals surface area contributed by atoms with E-state index >= 15 is 0 Å². The van der Waals surface area contributed by atoms with E-state index in [9.17, 15) is 0 Å². The van der Waals surface area contributed by atoms with Crippen molar-refractivity contribution in [1.29, 1.82) is 0 Å². The number of hydrogen-bond donors (Lipinski definition) is 1. The van der Waals surface area contributed by atoms with Crippen LogP contribution in [0.25, 0.3) is 0 Å². The summed E-state index contributed by atoms with van der Waals surface area (Å²) in [4.78, 5) is 0. The van der Waals surface area contributed by atoms with E-state index in [0.29, 0.717) is 17.4 Å². The Morgan fingerprint density at radius 1 is 1.50 bits per heavy atom. The van der Waals surface area contributed by atoms with Crippen LogP contribution in [0.2, 0.25) is 0 Å².